The number of aryl methyl sites for hydroxylation is 1. The van der Waals surface area contributed by atoms with Gasteiger partial charge in [0.15, 0.2) is 0 Å². The number of hydrogen-bond donors (Lipinski definition) is 1. The molecule has 1 fully saturated rings. The van der Waals surface area contributed by atoms with Crippen LogP contribution in [0.15, 0.2) is 36.5 Å². The lowest BCUT2D eigenvalue weighted by atomic mass is 9.79. The number of aromatic nitrogens is 2. The summed E-state index contributed by atoms with van der Waals surface area (Å²) in [4.78, 5) is 8.58. The number of benzene rings is 1. The van der Waals surface area contributed by atoms with Crippen LogP contribution in [-0.2, 0) is 9.31 Å². The number of anilines is 2. The summed E-state index contributed by atoms with van der Waals surface area (Å²) in [6.45, 7) is 10.1. The van der Waals surface area contributed by atoms with Crippen LogP contribution < -0.4 is 10.8 Å². The summed E-state index contributed by atoms with van der Waals surface area (Å²) in [5, 5.41) is 3.22. The molecule has 3 rings (SSSR count). The van der Waals surface area contributed by atoms with Gasteiger partial charge in [-0.3, -0.25) is 0 Å². The average molecular weight is 311 g/mol. The molecule has 1 aromatic carbocycles. The molecule has 120 valence electrons. The van der Waals surface area contributed by atoms with Crippen LogP contribution in [0.4, 0.5) is 11.6 Å². The van der Waals surface area contributed by atoms with Gasteiger partial charge in [-0.05, 0) is 58.3 Å². The number of nitrogens with one attached hydrogen (secondary N) is 1. The lowest BCUT2D eigenvalue weighted by Crippen LogP contribution is -2.41. The van der Waals surface area contributed by atoms with Crippen molar-refractivity contribution in [1.29, 1.82) is 0 Å². The predicted molar refractivity (Wildman–Crippen MR) is 92.2 cm³/mol. The largest absolute Gasteiger partial charge is 0.494 e. The topological polar surface area (TPSA) is 56.3 Å². The number of hydrogen-bond acceptors (Lipinski definition) is 5. The Labute approximate surface area is 137 Å². The van der Waals surface area contributed by atoms with Gasteiger partial charge in [0, 0.05) is 17.6 Å². The van der Waals surface area contributed by atoms with E-state index in [1.54, 1.807) is 6.20 Å². The van der Waals surface area contributed by atoms with Gasteiger partial charge >= 0.3 is 7.12 Å². The van der Waals surface area contributed by atoms with Crippen LogP contribution in [-0.4, -0.2) is 28.3 Å². The summed E-state index contributed by atoms with van der Waals surface area (Å²) in [7, 11) is -0.375. The van der Waals surface area contributed by atoms with Gasteiger partial charge in [-0.25, -0.2) is 9.97 Å². The molecule has 1 aliphatic heterocycles. The Morgan fingerprint density at radius 1 is 1.04 bits per heavy atom. The second kappa shape index (κ2) is 5.62. The van der Waals surface area contributed by atoms with E-state index in [2.05, 4.69) is 43.0 Å². The molecule has 6 heteroatoms. The molecule has 2 heterocycles. The normalized spacial score (nSPS) is 18.9. The Morgan fingerprint density at radius 3 is 2.39 bits per heavy atom. The Hall–Kier alpha value is -1.92. The fourth-order valence-electron chi connectivity index (χ4n) is 2.38. The standard InChI is InChI=1S/C17H22BN3O2/c1-12-9-10-19-15(20-12)21-14-8-6-7-13(11-14)18-22-16(2,3)17(4,5)23-18/h6-11H,1-5H3,(H,19,20,21). The van der Waals surface area contributed by atoms with Crippen molar-refractivity contribution >= 4 is 24.2 Å². The molecule has 23 heavy (non-hydrogen) atoms. The smallest absolute Gasteiger partial charge is 0.399 e. The average Bonchev–Trinajstić information content (AvgIpc) is 2.68. The van der Waals surface area contributed by atoms with Crippen LogP contribution in [0.2, 0.25) is 0 Å². The highest BCUT2D eigenvalue weighted by Crippen LogP contribution is 2.36. The van der Waals surface area contributed by atoms with Crippen molar-refractivity contribution in [3.8, 4) is 0 Å². The highest BCUT2D eigenvalue weighted by molar-refractivity contribution is 6.62. The molecule has 0 radical (unpaired) electrons. The third-order valence-electron chi connectivity index (χ3n) is 4.46. The van der Waals surface area contributed by atoms with E-state index in [0.29, 0.717) is 5.95 Å². The molecule has 0 amide bonds. The molecule has 0 aliphatic carbocycles. The van der Waals surface area contributed by atoms with Gasteiger partial charge in [0.2, 0.25) is 5.95 Å². The lowest BCUT2D eigenvalue weighted by Gasteiger charge is -2.32. The quantitative estimate of drug-likeness (QED) is 0.883. The molecule has 0 atom stereocenters. The SMILES string of the molecule is Cc1ccnc(Nc2cccc(B3OC(C)(C)C(C)(C)O3)c2)n1. The second-order valence-electron chi connectivity index (χ2n) is 6.86. The zero-order valence-electron chi connectivity index (χ0n) is 14.3. The summed E-state index contributed by atoms with van der Waals surface area (Å²) in [6, 6.07) is 9.82. The minimum atomic E-state index is -0.375. The van der Waals surface area contributed by atoms with Gasteiger partial charge in [0.05, 0.1) is 11.2 Å². The van der Waals surface area contributed by atoms with Gasteiger partial charge in [0.1, 0.15) is 0 Å². The molecular formula is C17H22BN3O2. The van der Waals surface area contributed by atoms with Crippen molar-refractivity contribution in [2.24, 2.45) is 0 Å². The zero-order chi connectivity index (χ0) is 16.7. The van der Waals surface area contributed by atoms with Crippen molar-refractivity contribution in [3.05, 3.63) is 42.2 Å². The van der Waals surface area contributed by atoms with E-state index in [4.69, 9.17) is 9.31 Å². The Bertz CT molecular complexity index is 702. The number of rotatable bonds is 3. The molecule has 2 aromatic rings. The molecule has 5 nitrogen and oxygen atoms in total. The van der Waals surface area contributed by atoms with Crippen molar-refractivity contribution in [2.75, 3.05) is 5.32 Å². The molecular weight excluding hydrogens is 289 g/mol. The highest BCUT2D eigenvalue weighted by atomic mass is 16.7. The predicted octanol–water partition coefficient (Wildman–Crippen LogP) is 2.83. The summed E-state index contributed by atoms with van der Waals surface area (Å²) in [5.41, 5.74) is 2.11. The maximum absolute atomic E-state index is 6.09. The first kappa shape index (κ1) is 16.0. The van der Waals surface area contributed by atoms with Crippen molar-refractivity contribution in [1.82, 2.24) is 9.97 Å². The van der Waals surface area contributed by atoms with Gasteiger partial charge in [-0.1, -0.05) is 12.1 Å². The summed E-state index contributed by atoms with van der Waals surface area (Å²) >= 11 is 0. The van der Waals surface area contributed by atoms with E-state index in [0.717, 1.165) is 16.8 Å². The molecule has 1 saturated heterocycles. The van der Waals surface area contributed by atoms with Gasteiger partial charge in [0.25, 0.3) is 0 Å². The first-order valence-electron chi connectivity index (χ1n) is 7.79. The Balaban J connectivity index is 1.81. The van der Waals surface area contributed by atoms with Gasteiger partial charge in [-0.2, -0.15) is 0 Å². The first-order chi connectivity index (χ1) is 10.8. The maximum Gasteiger partial charge on any atom is 0.494 e. The van der Waals surface area contributed by atoms with Crippen molar-refractivity contribution < 1.29 is 9.31 Å². The third-order valence-corrected chi connectivity index (χ3v) is 4.46. The zero-order valence-corrected chi connectivity index (χ0v) is 14.3. The van der Waals surface area contributed by atoms with Crippen LogP contribution >= 0.6 is 0 Å². The van der Waals surface area contributed by atoms with Crippen LogP contribution in [0.25, 0.3) is 0 Å². The maximum atomic E-state index is 6.09. The lowest BCUT2D eigenvalue weighted by molar-refractivity contribution is 0.00578. The molecule has 1 N–H and O–H groups in total. The summed E-state index contributed by atoms with van der Waals surface area (Å²) in [5.74, 6) is 0.580. The molecule has 1 aliphatic rings. The monoisotopic (exact) mass is 311 g/mol. The number of nitrogens with zero attached hydrogens (tertiary/aromatic N) is 2. The van der Waals surface area contributed by atoms with Crippen LogP contribution in [0.1, 0.15) is 33.4 Å². The summed E-state index contributed by atoms with van der Waals surface area (Å²) < 4.78 is 12.2. The fraction of sp³-hybridized carbons (Fsp3) is 0.412. The van der Waals surface area contributed by atoms with Crippen molar-refractivity contribution in [3.63, 3.8) is 0 Å². The first-order valence-corrected chi connectivity index (χ1v) is 7.79. The molecule has 1 aromatic heterocycles. The molecule has 0 spiro atoms. The van der Waals surface area contributed by atoms with Gasteiger partial charge in [-0.15, -0.1) is 0 Å². The Kier molecular flexibility index (Phi) is 3.90. The third kappa shape index (κ3) is 3.23. The molecule has 0 bridgehead atoms. The highest BCUT2D eigenvalue weighted by Gasteiger charge is 2.51. The van der Waals surface area contributed by atoms with Crippen LogP contribution in [0.5, 0.6) is 0 Å². The second-order valence-corrected chi connectivity index (χ2v) is 6.86. The van der Waals surface area contributed by atoms with Gasteiger partial charge < -0.3 is 14.6 Å². The Morgan fingerprint density at radius 2 is 1.74 bits per heavy atom. The molecule has 0 unspecified atom stereocenters. The van der Waals surface area contributed by atoms with Crippen LogP contribution in [0, 0.1) is 6.92 Å². The minimum absolute atomic E-state index is 0.346. The minimum Gasteiger partial charge on any atom is -0.399 e. The van der Waals surface area contributed by atoms with E-state index in [1.165, 1.54) is 0 Å². The fourth-order valence-corrected chi connectivity index (χ4v) is 2.38. The van der Waals surface area contributed by atoms with Crippen molar-refractivity contribution in [2.45, 2.75) is 45.8 Å². The van der Waals surface area contributed by atoms with E-state index >= 15 is 0 Å². The van der Waals surface area contributed by atoms with E-state index in [9.17, 15) is 0 Å². The summed E-state index contributed by atoms with van der Waals surface area (Å²) in [6.07, 6.45) is 1.74. The van der Waals surface area contributed by atoms with E-state index in [-0.39, 0.29) is 18.3 Å². The van der Waals surface area contributed by atoms with E-state index < -0.39 is 0 Å². The molecule has 0 saturated carbocycles. The van der Waals surface area contributed by atoms with E-state index in [1.807, 2.05) is 37.3 Å². The van der Waals surface area contributed by atoms with Crippen LogP contribution in [0.3, 0.4) is 0 Å².